The largest absolute Gasteiger partial charge is 0.496 e. The van der Waals surface area contributed by atoms with Gasteiger partial charge < -0.3 is 15.2 Å². The van der Waals surface area contributed by atoms with Crippen molar-refractivity contribution in [1.82, 2.24) is 0 Å². The highest BCUT2D eigenvalue weighted by Crippen LogP contribution is 2.29. The van der Waals surface area contributed by atoms with Crippen molar-refractivity contribution in [3.8, 4) is 11.5 Å². The van der Waals surface area contributed by atoms with Crippen molar-refractivity contribution < 1.29 is 9.47 Å². The van der Waals surface area contributed by atoms with E-state index in [9.17, 15) is 0 Å². The first-order chi connectivity index (χ1) is 6.60. The highest BCUT2D eigenvalue weighted by Gasteiger charge is 2.09. The van der Waals surface area contributed by atoms with Crippen LogP contribution < -0.4 is 15.2 Å². The lowest BCUT2D eigenvalue weighted by Crippen LogP contribution is -2.10. The molecule has 2 N–H and O–H groups in total. The van der Waals surface area contributed by atoms with Crippen molar-refractivity contribution >= 4 is 17.2 Å². The van der Waals surface area contributed by atoms with Crippen LogP contribution in [0.1, 0.15) is 11.1 Å². The molecule has 1 aromatic rings. The number of thiocarbonyl (C=S) groups is 1. The summed E-state index contributed by atoms with van der Waals surface area (Å²) in [6.07, 6.45) is 0. The second-order valence-electron chi connectivity index (χ2n) is 2.87. The molecule has 0 aromatic heterocycles. The van der Waals surface area contributed by atoms with Gasteiger partial charge in [0.2, 0.25) is 0 Å². The van der Waals surface area contributed by atoms with Crippen molar-refractivity contribution in [1.29, 1.82) is 0 Å². The summed E-state index contributed by atoms with van der Waals surface area (Å²) >= 11 is 4.89. The number of ether oxygens (including phenoxy) is 2. The second-order valence-corrected chi connectivity index (χ2v) is 3.31. The lowest BCUT2D eigenvalue weighted by atomic mass is 10.1. The second kappa shape index (κ2) is 4.28. The molecule has 0 saturated heterocycles. The van der Waals surface area contributed by atoms with Gasteiger partial charge in [-0.25, -0.2) is 0 Å². The van der Waals surface area contributed by atoms with Gasteiger partial charge in [-0.05, 0) is 19.1 Å². The van der Waals surface area contributed by atoms with Crippen LogP contribution in [0.4, 0.5) is 0 Å². The topological polar surface area (TPSA) is 44.5 Å². The number of nitrogens with two attached hydrogens (primary N) is 1. The summed E-state index contributed by atoms with van der Waals surface area (Å²) in [5, 5.41) is 0. The van der Waals surface area contributed by atoms with Crippen LogP contribution in [-0.4, -0.2) is 19.2 Å². The molecule has 0 atom stereocenters. The lowest BCUT2D eigenvalue weighted by molar-refractivity contribution is 0.388. The quantitative estimate of drug-likeness (QED) is 0.772. The van der Waals surface area contributed by atoms with E-state index >= 15 is 0 Å². The van der Waals surface area contributed by atoms with Gasteiger partial charge in [-0.1, -0.05) is 12.2 Å². The number of benzene rings is 1. The normalized spacial score (nSPS) is 9.64. The molecule has 0 fully saturated rings. The van der Waals surface area contributed by atoms with Crippen molar-refractivity contribution in [2.45, 2.75) is 6.92 Å². The first-order valence-corrected chi connectivity index (χ1v) is 4.53. The fourth-order valence-electron chi connectivity index (χ4n) is 1.23. The summed E-state index contributed by atoms with van der Waals surface area (Å²) < 4.78 is 10.4. The molecule has 0 bridgehead atoms. The summed E-state index contributed by atoms with van der Waals surface area (Å²) in [5.74, 6) is 1.46. The SMILES string of the molecule is COc1cc(C(N)=S)cc(OC)c1C. The van der Waals surface area contributed by atoms with Crippen LogP contribution in [0.5, 0.6) is 11.5 Å². The van der Waals surface area contributed by atoms with E-state index in [1.165, 1.54) is 0 Å². The molecule has 4 heteroatoms. The van der Waals surface area contributed by atoms with Crippen LogP contribution in [0.25, 0.3) is 0 Å². The first-order valence-electron chi connectivity index (χ1n) is 4.12. The molecule has 1 aromatic carbocycles. The van der Waals surface area contributed by atoms with Crippen LogP contribution >= 0.6 is 12.2 Å². The van der Waals surface area contributed by atoms with E-state index in [-0.39, 0.29) is 0 Å². The minimum Gasteiger partial charge on any atom is -0.496 e. The molecule has 76 valence electrons. The standard InChI is InChI=1S/C10H13NO2S/c1-6-8(12-2)4-7(10(11)14)5-9(6)13-3/h4-5H,1-3H3,(H2,11,14). The number of hydrogen-bond acceptors (Lipinski definition) is 3. The molecule has 0 aliphatic carbocycles. The van der Waals surface area contributed by atoms with Gasteiger partial charge in [0, 0.05) is 11.1 Å². The van der Waals surface area contributed by atoms with Crippen LogP contribution in [0.15, 0.2) is 12.1 Å². The highest BCUT2D eigenvalue weighted by atomic mass is 32.1. The van der Waals surface area contributed by atoms with Gasteiger partial charge in [0.25, 0.3) is 0 Å². The van der Waals surface area contributed by atoms with Crippen LogP contribution in [0, 0.1) is 6.92 Å². The lowest BCUT2D eigenvalue weighted by Gasteiger charge is -2.11. The van der Waals surface area contributed by atoms with Crippen LogP contribution in [-0.2, 0) is 0 Å². The molecular formula is C10H13NO2S. The predicted octanol–water partition coefficient (Wildman–Crippen LogP) is 1.65. The van der Waals surface area contributed by atoms with Gasteiger partial charge >= 0.3 is 0 Å². The van der Waals surface area contributed by atoms with Gasteiger partial charge in [0.15, 0.2) is 0 Å². The van der Waals surface area contributed by atoms with Gasteiger partial charge in [0.1, 0.15) is 16.5 Å². The van der Waals surface area contributed by atoms with E-state index in [1.54, 1.807) is 26.4 Å². The Hall–Kier alpha value is -1.29. The summed E-state index contributed by atoms with van der Waals surface area (Å²) in [6, 6.07) is 3.61. The zero-order valence-electron chi connectivity index (χ0n) is 8.46. The Morgan fingerprint density at radius 1 is 1.21 bits per heavy atom. The average molecular weight is 211 g/mol. The Morgan fingerprint density at radius 3 is 1.93 bits per heavy atom. The van der Waals surface area contributed by atoms with E-state index in [2.05, 4.69) is 0 Å². The molecule has 0 amide bonds. The monoisotopic (exact) mass is 211 g/mol. The third-order valence-electron chi connectivity index (χ3n) is 2.04. The Bertz CT molecular complexity index is 338. The summed E-state index contributed by atoms with van der Waals surface area (Å²) in [4.78, 5) is 0.335. The van der Waals surface area contributed by atoms with Gasteiger partial charge in [-0.15, -0.1) is 0 Å². The predicted molar refractivity (Wildman–Crippen MR) is 60.2 cm³/mol. The fraction of sp³-hybridized carbons (Fsp3) is 0.300. The molecule has 3 nitrogen and oxygen atoms in total. The van der Waals surface area contributed by atoms with Gasteiger partial charge in [-0.2, -0.15) is 0 Å². The van der Waals surface area contributed by atoms with E-state index in [1.807, 2.05) is 6.92 Å². The average Bonchev–Trinajstić information content (AvgIpc) is 2.17. The minimum absolute atomic E-state index is 0.335. The Balaban J connectivity index is 3.32. The zero-order valence-corrected chi connectivity index (χ0v) is 9.27. The Labute approximate surface area is 88.8 Å². The van der Waals surface area contributed by atoms with Crippen LogP contribution in [0.2, 0.25) is 0 Å². The summed E-state index contributed by atoms with van der Waals surface area (Å²) in [5.41, 5.74) is 7.22. The number of methoxy groups -OCH3 is 2. The van der Waals surface area contributed by atoms with E-state index in [0.29, 0.717) is 4.99 Å². The van der Waals surface area contributed by atoms with Gasteiger partial charge in [0.05, 0.1) is 14.2 Å². The maximum atomic E-state index is 5.53. The third kappa shape index (κ3) is 1.96. The molecule has 0 radical (unpaired) electrons. The summed E-state index contributed by atoms with van der Waals surface area (Å²) in [6.45, 7) is 1.92. The molecular weight excluding hydrogens is 198 g/mol. The van der Waals surface area contributed by atoms with Crippen molar-refractivity contribution in [2.24, 2.45) is 5.73 Å². The third-order valence-corrected chi connectivity index (χ3v) is 2.27. The fourth-order valence-corrected chi connectivity index (χ4v) is 1.35. The van der Waals surface area contributed by atoms with Gasteiger partial charge in [-0.3, -0.25) is 0 Å². The van der Waals surface area contributed by atoms with E-state index < -0.39 is 0 Å². The minimum atomic E-state index is 0.335. The van der Waals surface area contributed by atoms with Crippen LogP contribution in [0.3, 0.4) is 0 Å². The zero-order chi connectivity index (χ0) is 10.7. The maximum Gasteiger partial charge on any atom is 0.126 e. The molecule has 0 unspecified atom stereocenters. The molecule has 14 heavy (non-hydrogen) atoms. The number of hydrogen-bond donors (Lipinski definition) is 1. The smallest absolute Gasteiger partial charge is 0.126 e. The first kappa shape index (κ1) is 10.8. The molecule has 0 aliphatic heterocycles. The maximum absolute atomic E-state index is 5.53. The van der Waals surface area contributed by atoms with Crippen molar-refractivity contribution in [3.05, 3.63) is 23.3 Å². The molecule has 0 aliphatic rings. The molecule has 0 heterocycles. The summed E-state index contributed by atoms with van der Waals surface area (Å²) in [7, 11) is 3.20. The highest BCUT2D eigenvalue weighted by molar-refractivity contribution is 7.80. The molecule has 1 rings (SSSR count). The molecule has 0 spiro atoms. The number of rotatable bonds is 3. The van der Waals surface area contributed by atoms with Crippen molar-refractivity contribution in [3.63, 3.8) is 0 Å². The van der Waals surface area contributed by atoms with E-state index in [4.69, 9.17) is 27.4 Å². The molecule has 0 saturated carbocycles. The van der Waals surface area contributed by atoms with Crippen molar-refractivity contribution in [2.75, 3.05) is 14.2 Å². The Kier molecular flexibility index (Phi) is 3.30. The Morgan fingerprint density at radius 2 is 1.64 bits per heavy atom. The van der Waals surface area contributed by atoms with E-state index in [0.717, 1.165) is 22.6 Å².